The highest BCUT2D eigenvalue weighted by Gasteiger charge is 2.14. The number of rotatable bonds is 8. The Morgan fingerprint density at radius 2 is 2.00 bits per heavy atom. The summed E-state index contributed by atoms with van der Waals surface area (Å²) in [5.41, 5.74) is 2.08. The molecule has 2 heterocycles. The van der Waals surface area contributed by atoms with E-state index in [2.05, 4.69) is 10.4 Å². The van der Waals surface area contributed by atoms with E-state index in [9.17, 15) is 14.9 Å². The Hall–Kier alpha value is -4.11. The Morgan fingerprint density at radius 1 is 1.21 bits per heavy atom. The van der Waals surface area contributed by atoms with E-state index in [1.165, 1.54) is 12.1 Å². The number of amides is 1. The average molecular weight is 467 g/mol. The van der Waals surface area contributed by atoms with Gasteiger partial charge in [0.15, 0.2) is 5.76 Å². The molecule has 4 aromatic rings. The molecule has 1 N–H and O–H groups in total. The van der Waals surface area contributed by atoms with Crippen molar-refractivity contribution in [3.8, 4) is 5.75 Å². The van der Waals surface area contributed by atoms with Crippen molar-refractivity contribution in [3.05, 3.63) is 105 Å². The first-order valence-corrected chi connectivity index (χ1v) is 10.3. The SMILES string of the molecule is Cc1cc(OCc2ccc(C(=O)Nc3cnn(Cc4ccc(Cl)cc4)c3)o2)ccc1[N+](=O)[O-]. The number of furan rings is 1. The summed E-state index contributed by atoms with van der Waals surface area (Å²) in [5, 5.41) is 18.6. The molecule has 4 rings (SSSR count). The fourth-order valence-corrected chi connectivity index (χ4v) is 3.26. The molecule has 0 aliphatic rings. The molecule has 0 radical (unpaired) electrons. The Kier molecular flexibility index (Phi) is 6.41. The lowest BCUT2D eigenvalue weighted by molar-refractivity contribution is -0.385. The first-order valence-electron chi connectivity index (χ1n) is 9.92. The van der Waals surface area contributed by atoms with Crippen LogP contribution in [0.4, 0.5) is 11.4 Å². The number of carbonyl (C=O) groups is 1. The molecule has 2 aromatic heterocycles. The molecule has 9 nitrogen and oxygen atoms in total. The van der Waals surface area contributed by atoms with E-state index in [-0.39, 0.29) is 18.1 Å². The molecule has 0 saturated carbocycles. The molecule has 1 amide bonds. The summed E-state index contributed by atoms with van der Waals surface area (Å²) in [6, 6.07) is 15.1. The smallest absolute Gasteiger partial charge is 0.291 e. The summed E-state index contributed by atoms with van der Waals surface area (Å²) in [7, 11) is 0. The third-order valence-electron chi connectivity index (χ3n) is 4.78. The van der Waals surface area contributed by atoms with Crippen molar-refractivity contribution >= 4 is 28.9 Å². The van der Waals surface area contributed by atoms with Gasteiger partial charge in [-0.15, -0.1) is 0 Å². The van der Waals surface area contributed by atoms with Crippen LogP contribution in [-0.2, 0) is 13.2 Å². The number of hydrogen-bond acceptors (Lipinski definition) is 6. The van der Waals surface area contributed by atoms with Gasteiger partial charge in [-0.05, 0) is 48.9 Å². The molecule has 0 aliphatic heterocycles. The van der Waals surface area contributed by atoms with Gasteiger partial charge < -0.3 is 14.5 Å². The molecule has 0 unspecified atom stereocenters. The third kappa shape index (κ3) is 5.58. The number of ether oxygens (including phenoxy) is 1. The van der Waals surface area contributed by atoms with Crippen LogP contribution in [0.1, 0.15) is 27.4 Å². The Balaban J connectivity index is 1.32. The number of benzene rings is 2. The number of nitrogens with zero attached hydrogens (tertiary/aromatic N) is 3. The second-order valence-corrected chi connectivity index (χ2v) is 7.70. The highest BCUT2D eigenvalue weighted by atomic mass is 35.5. The maximum absolute atomic E-state index is 12.5. The molecule has 0 aliphatic carbocycles. The van der Waals surface area contributed by atoms with Crippen LogP contribution < -0.4 is 10.1 Å². The number of aromatic nitrogens is 2. The van der Waals surface area contributed by atoms with Crippen molar-refractivity contribution in [2.45, 2.75) is 20.1 Å². The van der Waals surface area contributed by atoms with Gasteiger partial charge in [-0.25, -0.2) is 0 Å². The van der Waals surface area contributed by atoms with Crippen LogP contribution in [0.25, 0.3) is 0 Å². The van der Waals surface area contributed by atoms with Crippen molar-refractivity contribution in [1.29, 1.82) is 0 Å². The molecule has 0 saturated heterocycles. The second kappa shape index (κ2) is 9.58. The zero-order chi connectivity index (χ0) is 23.4. The summed E-state index contributed by atoms with van der Waals surface area (Å²) in [5.74, 6) is 0.612. The van der Waals surface area contributed by atoms with E-state index in [4.69, 9.17) is 20.8 Å². The van der Waals surface area contributed by atoms with Crippen molar-refractivity contribution in [1.82, 2.24) is 9.78 Å². The van der Waals surface area contributed by atoms with E-state index < -0.39 is 10.8 Å². The first-order chi connectivity index (χ1) is 15.9. The molecule has 0 bridgehead atoms. The molecular formula is C23H19ClN4O5. The van der Waals surface area contributed by atoms with Gasteiger partial charge in [0.05, 0.1) is 23.4 Å². The molecule has 0 spiro atoms. The summed E-state index contributed by atoms with van der Waals surface area (Å²) in [6.07, 6.45) is 3.27. The standard InChI is InChI=1S/C23H19ClN4O5/c1-15-10-19(6-8-21(15)28(30)31)32-14-20-7-9-22(33-20)23(29)26-18-11-25-27(13-18)12-16-2-4-17(24)5-3-16/h2-11,13H,12,14H2,1H3,(H,26,29). The molecule has 33 heavy (non-hydrogen) atoms. The fourth-order valence-electron chi connectivity index (χ4n) is 3.14. The predicted molar refractivity (Wildman–Crippen MR) is 122 cm³/mol. The van der Waals surface area contributed by atoms with Gasteiger partial charge in [0, 0.05) is 22.8 Å². The van der Waals surface area contributed by atoms with Gasteiger partial charge in [0.2, 0.25) is 0 Å². The molecular weight excluding hydrogens is 448 g/mol. The minimum Gasteiger partial charge on any atom is -0.486 e. The number of nitro groups is 1. The number of anilines is 1. The lowest BCUT2D eigenvalue weighted by atomic mass is 10.2. The third-order valence-corrected chi connectivity index (χ3v) is 5.03. The van der Waals surface area contributed by atoms with E-state index in [0.717, 1.165) is 5.56 Å². The lowest BCUT2D eigenvalue weighted by Crippen LogP contribution is -2.10. The van der Waals surface area contributed by atoms with Crippen molar-refractivity contribution < 1.29 is 18.9 Å². The number of aryl methyl sites for hydroxylation is 1. The van der Waals surface area contributed by atoms with Gasteiger partial charge in [0.1, 0.15) is 18.1 Å². The Bertz CT molecular complexity index is 1300. The molecule has 10 heteroatoms. The number of carbonyl (C=O) groups excluding carboxylic acids is 1. The molecule has 168 valence electrons. The van der Waals surface area contributed by atoms with Crippen molar-refractivity contribution in [2.75, 3.05) is 5.32 Å². The highest BCUT2D eigenvalue weighted by molar-refractivity contribution is 6.30. The maximum atomic E-state index is 12.5. The predicted octanol–water partition coefficient (Wildman–Crippen LogP) is 5.23. The highest BCUT2D eigenvalue weighted by Crippen LogP contribution is 2.24. The van der Waals surface area contributed by atoms with Crippen molar-refractivity contribution in [3.63, 3.8) is 0 Å². The topological polar surface area (TPSA) is 112 Å². The largest absolute Gasteiger partial charge is 0.486 e. The van der Waals surface area contributed by atoms with Gasteiger partial charge in [-0.2, -0.15) is 5.10 Å². The summed E-state index contributed by atoms with van der Waals surface area (Å²) in [4.78, 5) is 23.0. The van der Waals surface area contributed by atoms with E-state index >= 15 is 0 Å². The quantitative estimate of drug-likeness (QED) is 0.281. The number of nitrogens with one attached hydrogen (secondary N) is 1. The zero-order valence-corrected chi connectivity index (χ0v) is 18.3. The number of hydrogen-bond donors (Lipinski definition) is 1. The van der Waals surface area contributed by atoms with Gasteiger partial charge in [0.25, 0.3) is 11.6 Å². The van der Waals surface area contributed by atoms with Crippen LogP contribution in [0, 0.1) is 17.0 Å². The van der Waals surface area contributed by atoms with Crippen LogP contribution >= 0.6 is 11.6 Å². The Morgan fingerprint density at radius 3 is 2.73 bits per heavy atom. The average Bonchev–Trinajstić information content (AvgIpc) is 3.43. The van der Waals surface area contributed by atoms with Crippen LogP contribution in [0.5, 0.6) is 5.75 Å². The molecule has 0 fully saturated rings. The lowest BCUT2D eigenvalue weighted by Gasteiger charge is -2.05. The van der Waals surface area contributed by atoms with E-state index in [1.807, 2.05) is 24.3 Å². The van der Waals surface area contributed by atoms with Gasteiger partial charge in [-0.3, -0.25) is 19.6 Å². The summed E-state index contributed by atoms with van der Waals surface area (Å²) < 4.78 is 12.9. The monoisotopic (exact) mass is 466 g/mol. The van der Waals surface area contributed by atoms with E-state index in [1.54, 1.807) is 42.2 Å². The summed E-state index contributed by atoms with van der Waals surface area (Å²) in [6.45, 7) is 2.25. The number of halogens is 1. The first kappa shape index (κ1) is 22.1. The van der Waals surface area contributed by atoms with Crippen LogP contribution in [-0.4, -0.2) is 20.6 Å². The van der Waals surface area contributed by atoms with Crippen LogP contribution in [0.2, 0.25) is 5.02 Å². The van der Waals surface area contributed by atoms with Crippen LogP contribution in [0.3, 0.4) is 0 Å². The fraction of sp³-hybridized carbons (Fsp3) is 0.130. The Labute approximate surface area is 193 Å². The molecule has 0 atom stereocenters. The minimum absolute atomic E-state index is 0.0239. The second-order valence-electron chi connectivity index (χ2n) is 7.27. The minimum atomic E-state index is -0.446. The molecule has 2 aromatic carbocycles. The van der Waals surface area contributed by atoms with Crippen molar-refractivity contribution in [2.24, 2.45) is 0 Å². The maximum Gasteiger partial charge on any atom is 0.291 e. The van der Waals surface area contributed by atoms with Gasteiger partial charge in [-0.1, -0.05) is 23.7 Å². The van der Waals surface area contributed by atoms with Gasteiger partial charge >= 0.3 is 0 Å². The zero-order valence-electron chi connectivity index (χ0n) is 17.5. The summed E-state index contributed by atoms with van der Waals surface area (Å²) >= 11 is 5.90. The van der Waals surface area contributed by atoms with Crippen LogP contribution in [0.15, 0.2) is 71.4 Å². The normalized spacial score (nSPS) is 10.7. The number of nitro benzene ring substituents is 1. The van der Waals surface area contributed by atoms with E-state index in [0.29, 0.717) is 34.3 Å².